The lowest BCUT2D eigenvalue weighted by atomic mass is 10.0. The molecule has 0 spiro atoms. The van der Waals surface area contributed by atoms with E-state index in [-0.39, 0.29) is 5.91 Å². The van der Waals surface area contributed by atoms with Crippen LogP contribution in [0.5, 0.6) is 0 Å². The van der Waals surface area contributed by atoms with E-state index in [9.17, 15) is 4.79 Å². The fraction of sp³-hybridized carbons (Fsp3) is 0.0968. The van der Waals surface area contributed by atoms with Crippen molar-refractivity contribution in [3.8, 4) is 22.5 Å². The van der Waals surface area contributed by atoms with Gasteiger partial charge in [-0.15, -0.1) is 10.2 Å². The van der Waals surface area contributed by atoms with Gasteiger partial charge in [0.2, 0.25) is 11.1 Å². The molecule has 0 aliphatic heterocycles. The second-order valence-electron chi connectivity index (χ2n) is 8.38. The summed E-state index contributed by atoms with van der Waals surface area (Å²) in [5.74, 6) is -0.0260. The van der Waals surface area contributed by atoms with Crippen molar-refractivity contribution in [2.45, 2.75) is 23.8 Å². The number of hydrogen-bond donors (Lipinski definition) is 0. The number of carbonyl (C=O) groups is 1. The molecule has 1 heterocycles. The van der Waals surface area contributed by atoms with Gasteiger partial charge in [-0.3, -0.25) is 9.69 Å². The molecular weight excluding hydrogens is 476 g/mol. The van der Waals surface area contributed by atoms with E-state index in [2.05, 4.69) is 10.2 Å². The van der Waals surface area contributed by atoms with E-state index in [4.69, 9.17) is 4.98 Å². The molecule has 1 amide bonds. The van der Waals surface area contributed by atoms with Crippen molar-refractivity contribution < 1.29 is 4.79 Å². The second-order valence-corrected chi connectivity index (χ2v) is 9.55. The SMILES string of the molecule is CCC(Sc1nnc(-c2ccccc2)c(-c2ccccc2)n1)C(=O)N(c1ccccc1)c1ccccc1. The number of thioether (sulfide) groups is 1. The van der Waals surface area contributed by atoms with Crippen molar-refractivity contribution in [3.05, 3.63) is 121 Å². The van der Waals surface area contributed by atoms with Crippen LogP contribution in [-0.2, 0) is 4.79 Å². The Morgan fingerprint density at radius 3 is 1.62 bits per heavy atom. The predicted octanol–water partition coefficient (Wildman–Crippen LogP) is 7.44. The van der Waals surface area contributed by atoms with E-state index in [0.717, 1.165) is 28.2 Å². The lowest BCUT2D eigenvalue weighted by Gasteiger charge is -2.26. The average molecular weight is 503 g/mol. The lowest BCUT2D eigenvalue weighted by molar-refractivity contribution is -0.117. The van der Waals surface area contributed by atoms with Gasteiger partial charge >= 0.3 is 0 Å². The van der Waals surface area contributed by atoms with Gasteiger partial charge in [-0.2, -0.15) is 0 Å². The molecule has 4 aromatic carbocycles. The van der Waals surface area contributed by atoms with Crippen LogP contribution >= 0.6 is 11.8 Å². The van der Waals surface area contributed by atoms with Crippen LogP contribution in [0.1, 0.15) is 13.3 Å². The molecule has 0 aliphatic rings. The fourth-order valence-corrected chi connectivity index (χ4v) is 4.95. The number of anilines is 2. The van der Waals surface area contributed by atoms with Gasteiger partial charge in [0.05, 0.1) is 5.25 Å². The number of hydrogen-bond acceptors (Lipinski definition) is 5. The first-order chi connectivity index (χ1) is 18.2. The zero-order valence-electron chi connectivity index (χ0n) is 20.4. The zero-order chi connectivity index (χ0) is 25.5. The number of amides is 1. The summed E-state index contributed by atoms with van der Waals surface area (Å²) < 4.78 is 0. The monoisotopic (exact) mass is 502 g/mol. The van der Waals surface area contributed by atoms with Crippen LogP contribution in [0.15, 0.2) is 126 Å². The Morgan fingerprint density at radius 2 is 1.14 bits per heavy atom. The minimum atomic E-state index is -0.395. The smallest absolute Gasteiger partial charge is 0.245 e. The summed E-state index contributed by atoms with van der Waals surface area (Å²) in [6.07, 6.45) is 0.615. The first kappa shape index (κ1) is 24.4. The third-order valence-electron chi connectivity index (χ3n) is 5.90. The fourth-order valence-electron chi connectivity index (χ4n) is 4.09. The van der Waals surface area contributed by atoms with Gasteiger partial charge in [-0.05, 0) is 30.7 Å². The van der Waals surface area contributed by atoms with Crippen molar-refractivity contribution in [1.29, 1.82) is 0 Å². The van der Waals surface area contributed by atoms with E-state index in [1.165, 1.54) is 11.8 Å². The maximum Gasteiger partial charge on any atom is 0.245 e. The molecule has 0 aliphatic carbocycles. The molecule has 0 saturated heterocycles. The minimum Gasteiger partial charge on any atom is -0.280 e. The Labute approximate surface area is 221 Å². The van der Waals surface area contributed by atoms with E-state index >= 15 is 0 Å². The molecule has 1 unspecified atom stereocenters. The Balaban J connectivity index is 1.50. The summed E-state index contributed by atoms with van der Waals surface area (Å²) in [7, 11) is 0. The van der Waals surface area contributed by atoms with Crippen molar-refractivity contribution in [3.63, 3.8) is 0 Å². The molecule has 1 atom stereocenters. The summed E-state index contributed by atoms with van der Waals surface area (Å²) >= 11 is 1.35. The third kappa shape index (κ3) is 5.60. The summed E-state index contributed by atoms with van der Waals surface area (Å²) in [5, 5.41) is 9.10. The van der Waals surface area contributed by atoms with Crippen LogP contribution in [0.4, 0.5) is 11.4 Å². The molecule has 0 saturated carbocycles. The average Bonchev–Trinajstić information content (AvgIpc) is 2.98. The van der Waals surface area contributed by atoms with Crippen molar-refractivity contribution >= 4 is 29.0 Å². The number of aromatic nitrogens is 3. The Hall–Kier alpha value is -4.29. The number of nitrogens with zero attached hydrogens (tertiary/aromatic N) is 4. The standard InChI is InChI=1S/C31H26N4OS/c1-2-27(30(36)35(25-19-11-5-12-20-25)26-21-13-6-14-22-26)37-31-32-28(23-15-7-3-8-16-23)29(33-34-31)24-17-9-4-10-18-24/h3-22,27H,2H2,1H3. The molecule has 37 heavy (non-hydrogen) atoms. The number of para-hydroxylation sites is 2. The molecule has 5 nitrogen and oxygen atoms in total. The van der Waals surface area contributed by atoms with Crippen LogP contribution in [-0.4, -0.2) is 26.3 Å². The Kier molecular flexibility index (Phi) is 7.67. The molecule has 5 rings (SSSR count). The van der Waals surface area contributed by atoms with Gasteiger partial charge in [0, 0.05) is 22.5 Å². The first-order valence-corrected chi connectivity index (χ1v) is 13.1. The molecule has 182 valence electrons. The Bertz CT molecular complexity index is 1410. The minimum absolute atomic E-state index is 0.0260. The summed E-state index contributed by atoms with van der Waals surface area (Å²) in [5.41, 5.74) is 5.00. The van der Waals surface area contributed by atoms with Gasteiger partial charge in [0.1, 0.15) is 11.4 Å². The van der Waals surface area contributed by atoms with Crippen LogP contribution in [0, 0.1) is 0 Å². The molecule has 0 radical (unpaired) electrons. The molecule has 1 aromatic heterocycles. The van der Waals surface area contributed by atoms with Gasteiger partial charge < -0.3 is 0 Å². The van der Waals surface area contributed by atoms with Crippen LogP contribution in [0.25, 0.3) is 22.5 Å². The van der Waals surface area contributed by atoms with Crippen molar-refractivity contribution in [2.75, 3.05) is 4.90 Å². The molecule has 5 aromatic rings. The lowest BCUT2D eigenvalue weighted by Crippen LogP contribution is -2.34. The van der Waals surface area contributed by atoms with Crippen molar-refractivity contribution in [2.24, 2.45) is 0 Å². The first-order valence-electron chi connectivity index (χ1n) is 12.2. The maximum absolute atomic E-state index is 14.0. The van der Waals surface area contributed by atoms with E-state index in [0.29, 0.717) is 17.3 Å². The highest BCUT2D eigenvalue weighted by Crippen LogP contribution is 2.34. The second kappa shape index (κ2) is 11.6. The Morgan fingerprint density at radius 1 is 0.676 bits per heavy atom. The number of rotatable bonds is 8. The topological polar surface area (TPSA) is 59.0 Å². The highest BCUT2D eigenvalue weighted by atomic mass is 32.2. The molecule has 0 bridgehead atoms. The molecule has 0 N–H and O–H groups in total. The predicted molar refractivity (Wildman–Crippen MR) is 151 cm³/mol. The highest BCUT2D eigenvalue weighted by Gasteiger charge is 2.28. The van der Waals surface area contributed by atoms with Gasteiger partial charge in [-0.25, -0.2) is 4.98 Å². The largest absolute Gasteiger partial charge is 0.280 e. The summed E-state index contributed by atoms with van der Waals surface area (Å²) in [4.78, 5) is 20.6. The van der Waals surface area contributed by atoms with Gasteiger partial charge in [0.25, 0.3) is 0 Å². The normalized spacial score (nSPS) is 11.6. The third-order valence-corrected chi connectivity index (χ3v) is 7.11. The van der Waals surface area contributed by atoms with Gasteiger partial charge in [-0.1, -0.05) is 116 Å². The number of benzene rings is 4. The van der Waals surface area contributed by atoms with E-state index in [1.54, 1.807) is 4.90 Å². The van der Waals surface area contributed by atoms with Gasteiger partial charge in [0.15, 0.2) is 0 Å². The van der Waals surface area contributed by atoms with Crippen molar-refractivity contribution in [1.82, 2.24) is 15.2 Å². The molecule has 0 fully saturated rings. The molecular formula is C31H26N4OS. The molecule has 6 heteroatoms. The van der Waals surface area contributed by atoms with E-state index < -0.39 is 5.25 Å². The van der Waals surface area contributed by atoms with E-state index in [1.807, 2.05) is 128 Å². The number of carbonyl (C=O) groups excluding carboxylic acids is 1. The summed E-state index contributed by atoms with van der Waals surface area (Å²) in [6.45, 7) is 2.01. The quantitative estimate of drug-likeness (QED) is 0.206. The zero-order valence-corrected chi connectivity index (χ0v) is 21.3. The van der Waals surface area contributed by atoms with Crippen LogP contribution in [0.2, 0.25) is 0 Å². The highest BCUT2D eigenvalue weighted by molar-refractivity contribution is 8.00. The summed E-state index contributed by atoms with van der Waals surface area (Å²) in [6, 6.07) is 39.3. The maximum atomic E-state index is 14.0. The van der Waals surface area contributed by atoms with Crippen LogP contribution < -0.4 is 4.90 Å². The van der Waals surface area contributed by atoms with Crippen LogP contribution in [0.3, 0.4) is 0 Å².